The lowest BCUT2D eigenvalue weighted by molar-refractivity contribution is 0.199. The van der Waals surface area contributed by atoms with Crippen LogP contribution in [0.2, 0.25) is 0 Å². The zero-order valence-electron chi connectivity index (χ0n) is 11.4. The predicted octanol–water partition coefficient (Wildman–Crippen LogP) is 3.48. The Kier molecular flexibility index (Phi) is 7.81. The van der Waals surface area contributed by atoms with Gasteiger partial charge in [0.2, 0.25) is 0 Å². The Morgan fingerprint density at radius 3 is 3.00 bits per heavy atom. The molecule has 0 aliphatic rings. The van der Waals surface area contributed by atoms with Crippen molar-refractivity contribution in [1.29, 1.82) is 0 Å². The van der Waals surface area contributed by atoms with Crippen LogP contribution in [0, 0.1) is 0 Å². The van der Waals surface area contributed by atoms with Gasteiger partial charge in [-0.3, -0.25) is 0 Å². The van der Waals surface area contributed by atoms with E-state index < -0.39 is 0 Å². The molecule has 0 fully saturated rings. The van der Waals surface area contributed by atoms with E-state index in [1.807, 2.05) is 11.8 Å². The second-order valence-corrected chi connectivity index (χ2v) is 5.26. The van der Waals surface area contributed by atoms with Gasteiger partial charge in [0.1, 0.15) is 0 Å². The number of rotatable bonds is 9. The minimum absolute atomic E-state index is 0.755. The highest BCUT2D eigenvalue weighted by Gasteiger charge is 1.98. The molecule has 1 N–H and O–H groups in total. The normalized spacial score (nSPS) is 10.6. The first-order valence-electron chi connectivity index (χ1n) is 6.34. The maximum absolute atomic E-state index is 5.00. The summed E-state index contributed by atoms with van der Waals surface area (Å²) in [6, 6.07) is 8.67. The van der Waals surface area contributed by atoms with Gasteiger partial charge in [-0.05, 0) is 24.1 Å². The molecule has 0 aliphatic carbocycles. The lowest BCUT2D eigenvalue weighted by Gasteiger charge is -2.07. The third kappa shape index (κ3) is 6.24. The molecule has 0 aromatic heterocycles. The summed E-state index contributed by atoms with van der Waals surface area (Å²) < 4.78 is 5.00. The number of benzene rings is 1. The average molecular weight is 265 g/mol. The van der Waals surface area contributed by atoms with E-state index in [2.05, 4.69) is 43.1 Å². The van der Waals surface area contributed by atoms with Gasteiger partial charge in [0.25, 0.3) is 0 Å². The van der Waals surface area contributed by atoms with Crippen LogP contribution in [0.1, 0.15) is 18.9 Å². The van der Waals surface area contributed by atoms with Gasteiger partial charge in [-0.15, -0.1) is 11.8 Å². The smallest absolute Gasteiger partial charge is 0.0587 e. The molecule has 0 bridgehead atoms. The molecule has 18 heavy (non-hydrogen) atoms. The number of hydrogen-bond donors (Lipinski definition) is 1. The maximum Gasteiger partial charge on any atom is 0.0587 e. The zero-order chi connectivity index (χ0) is 13.2. The summed E-state index contributed by atoms with van der Waals surface area (Å²) in [6.45, 7) is 8.72. The van der Waals surface area contributed by atoms with Crippen LogP contribution in [0.5, 0.6) is 0 Å². The SMILES string of the molecule is C=C(CC)CSc1cccc(CNCCOC)c1. The van der Waals surface area contributed by atoms with E-state index >= 15 is 0 Å². The summed E-state index contributed by atoms with van der Waals surface area (Å²) in [5, 5.41) is 3.35. The van der Waals surface area contributed by atoms with E-state index in [1.165, 1.54) is 16.0 Å². The van der Waals surface area contributed by atoms with E-state index in [4.69, 9.17) is 4.74 Å². The van der Waals surface area contributed by atoms with Crippen LogP contribution in [-0.2, 0) is 11.3 Å². The van der Waals surface area contributed by atoms with E-state index in [1.54, 1.807) is 7.11 Å². The first-order chi connectivity index (χ1) is 8.76. The number of methoxy groups -OCH3 is 1. The molecule has 0 saturated carbocycles. The van der Waals surface area contributed by atoms with Gasteiger partial charge < -0.3 is 10.1 Å². The van der Waals surface area contributed by atoms with Gasteiger partial charge in [-0.1, -0.05) is 31.2 Å². The molecular weight excluding hydrogens is 242 g/mol. The van der Waals surface area contributed by atoms with Crippen molar-refractivity contribution in [3.05, 3.63) is 42.0 Å². The van der Waals surface area contributed by atoms with E-state index in [0.29, 0.717) is 0 Å². The van der Waals surface area contributed by atoms with Gasteiger partial charge in [0.15, 0.2) is 0 Å². The highest BCUT2D eigenvalue weighted by molar-refractivity contribution is 7.99. The lowest BCUT2D eigenvalue weighted by Crippen LogP contribution is -2.18. The molecule has 2 nitrogen and oxygen atoms in total. The third-order valence-corrected chi connectivity index (χ3v) is 3.79. The molecule has 1 aromatic rings. The minimum Gasteiger partial charge on any atom is -0.383 e. The molecule has 0 atom stereocenters. The van der Waals surface area contributed by atoms with Gasteiger partial charge in [0.05, 0.1) is 6.61 Å². The quantitative estimate of drug-likeness (QED) is 0.419. The number of ether oxygens (including phenoxy) is 1. The first kappa shape index (κ1) is 15.3. The first-order valence-corrected chi connectivity index (χ1v) is 7.33. The Hall–Kier alpha value is -0.770. The van der Waals surface area contributed by atoms with Crippen molar-refractivity contribution in [1.82, 2.24) is 5.32 Å². The van der Waals surface area contributed by atoms with Crippen LogP contribution < -0.4 is 5.32 Å². The topological polar surface area (TPSA) is 21.3 Å². The molecule has 0 aliphatic heterocycles. The molecule has 3 heteroatoms. The molecule has 0 saturated heterocycles. The third-order valence-electron chi connectivity index (χ3n) is 2.65. The van der Waals surface area contributed by atoms with E-state index in [9.17, 15) is 0 Å². The van der Waals surface area contributed by atoms with E-state index in [-0.39, 0.29) is 0 Å². The summed E-state index contributed by atoms with van der Waals surface area (Å²) in [7, 11) is 1.72. The Balaban J connectivity index is 2.39. The standard InChI is InChI=1S/C15H23NOS/c1-4-13(2)12-18-15-7-5-6-14(10-15)11-16-8-9-17-3/h5-7,10,16H,2,4,8-9,11-12H2,1,3H3. The van der Waals surface area contributed by atoms with Crippen molar-refractivity contribution >= 4 is 11.8 Å². The molecule has 0 heterocycles. The molecule has 0 spiro atoms. The van der Waals surface area contributed by atoms with E-state index in [0.717, 1.165) is 31.9 Å². The van der Waals surface area contributed by atoms with Crippen LogP contribution in [-0.4, -0.2) is 26.0 Å². The molecule has 1 rings (SSSR count). The number of hydrogen-bond acceptors (Lipinski definition) is 3. The summed E-state index contributed by atoms with van der Waals surface area (Å²) >= 11 is 1.86. The second-order valence-electron chi connectivity index (χ2n) is 4.21. The van der Waals surface area contributed by atoms with Gasteiger partial charge in [-0.25, -0.2) is 0 Å². The van der Waals surface area contributed by atoms with Crippen molar-refractivity contribution in [3.8, 4) is 0 Å². The zero-order valence-corrected chi connectivity index (χ0v) is 12.2. The molecule has 0 unspecified atom stereocenters. The van der Waals surface area contributed by atoms with Crippen molar-refractivity contribution in [2.75, 3.05) is 26.0 Å². The Bertz CT molecular complexity index is 365. The number of thioether (sulfide) groups is 1. The molecule has 1 aromatic carbocycles. The Labute approximate surface area is 115 Å². The minimum atomic E-state index is 0.755. The Morgan fingerprint density at radius 2 is 2.28 bits per heavy atom. The van der Waals surface area contributed by atoms with Gasteiger partial charge in [0, 0.05) is 30.8 Å². The fourth-order valence-electron chi connectivity index (χ4n) is 1.44. The monoisotopic (exact) mass is 265 g/mol. The molecule has 0 radical (unpaired) electrons. The van der Waals surface area contributed by atoms with Crippen LogP contribution >= 0.6 is 11.8 Å². The average Bonchev–Trinajstić information content (AvgIpc) is 2.41. The van der Waals surface area contributed by atoms with Crippen LogP contribution in [0.15, 0.2) is 41.3 Å². The van der Waals surface area contributed by atoms with Crippen LogP contribution in [0.25, 0.3) is 0 Å². The van der Waals surface area contributed by atoms with Crippen molar-refractivity contribution in [2.45, 2.75) is 24.8 Å². The lowest BCUT2D eigenvalue weighted by atomic mass is 10.2. The highest BCUT2D eigenvalue weighted by Crippen LogP contribution is 2.21. The van der Waals surface area contributed by atoms with Crippen molar-refractivity contribution in [2.24, 2.45) is 0 Å². The van der Waals surface area contributed by atoms with Gasteiger partial charge >= 0.3 is 0 Å². The van der Waals surface area contributed by atoms with Crippen molar-refractivity contribution in [3.63, 3.8) is 0 Å². The summed E-state index contributed by atoms with van der Waals surface area (Å²) in [6.07, 6.45) is 1.06. The summed E-state index contributed by atoms with van der Waals surface area (Å²) in [5.41, 5.74) is 2.61. The Morgan fingerprint density at radius 1 is 1.44 bits per heavy atom. The number of nitrogens with one attached hydrogen (secondary N) is 1. The highest BCUT2D eigenvalue weighted by atomic mass is 32.2. The summed E-state index contributed by atoms with van der Waals surface area (Å²) in [5.74, 6) is 1.01. The van der Waals surface area contributed by atoms with Gasteiger partial charge in [-0.2, -0.15) is 0 Å². The maximum atomic E-state index is 5.00. The van der Waals surface area contributed by atoms with Crippen molar-refractivity contribution < 1.29 is 4.74 Å². The molecule has 100 valence electrons. The fourth-order valence-corrected chi connectivity index (χ4v) is 2.42. The van der Waals surface area contributed by atoms with Crippen LogP contribution in [0.3, 0.4) is 0 Å². The van der Waals surface area contributed by atoms with Crippen LogP contribution in [0.4, 0.5) is 0 Å². The summed E-state index contributed by atoms with van der Waals surface area (Å²) in [4.78, 5) is 1.32. The molecular formula is C15H23NOS. The fraction of sp³-hybridized carbons (Fsp3) is 0.467. The predicted molar refractivity (Wildman–Crippen MR) is 80.2 cm³/mol. The molecule has 0 amide bonds. The second kappa shape index (κ2) is 9.20. The largest absolute Gasteiger partial charge is 0.383 e.